The molecule has 3 rings (SSSR count). The number of esters is 1. The van der Waals surface area contributed by atoms with Crippen LogP contribution >= 0.6 is 0 Å². The molecule has 5 nitrogen and oxygen atoms in total. The van der Waals surface area contributed by atoms with Gasteiger partial charge in [0.15, 0.2) is 0 Å². The quantitative estimate of drug-likeness (QED) is 0.703. The fraction of sp³-hybridized carbons (Fsp3) is 0.438. The average molecular weight is 288 g/mol. The minimum absolute atomic E-state index is 0.233. The summed E-state index contributed by atoms with van der Waals surface area (Å²) < 4.78 is 5.44. The Kier molecular flexibility index (Phi) is 3.17. The smallest absolute Gasteiger partial charge is 0.324 e. The van der Waals surface area contributed by atoms with Crippen molar-refractivity contribution in [3.05, 3.63) is 29.5 Å². The number of fused-ring (bicyclic) bond motifs is 3. The third-order valence-corrected chi connectivity index (χ3v) is 3.60. The number of rotatable bonds is 1. The number of nitrogens with one attached hydrogen (secondary N) is 2. The number of aromatic nitrogens is 1. The molecule has 1 aromatic heterocycles. The van der Waals surface area contributed by atoms with Gasteiger partial charge in [-0.1, -0.05) is 0 Å². The zero-order chi connectivity index (χ0) is 15.2. The lowest BCUT2D eigenvalue weighted by Gasteiger charge is -2.27. The monoisotopic (exact) mass is 288 g/mol. The number of carbonyl (C=O) groups is 1. The third kappa shape index (κ3) is 2.74. The van der Waals surface area contributed by atoms with Crippen LogP contribution in [0.5, 0.6) is 5.75 Å². The summed E-state index contributed by atoms with van der Waals surface area (Å²) in [4.78, 5) is 15.5. The minimum Gasteiger partial charge on any atom is -0.508 e. The number of carbonyl (C=O) groups excluding carboxylic acids is 1. The van der Waals surface area contributed by atoms with Gasteiger partial charge in [-0.3, -0.25) is 10.1 Å². The molecule has 0 saturated carbocycles. The van der Waals surface area contributed by atoms with Gasteiger partial charge in [0.05, 0.1) is 0 Å². The highest BCUT2D eigenvalue weighted by Gasteiger charge is 2.30. The Balaban J connectivity index is 1.89. The van der Waals surface area contributed by atoms with E-state index in [2.05, 4.69) is 10.3 Å². The van der Waals surface area contributed by atoms with Crippen molar-refractivity contribution < 1.29 is 14.6 Å². The van der Waals surface area contributed by atoms with Gasteiger partial charge in [-0.05, 0) is 44.5 Å². The average Bonchev–Trinajstić information content (AvgIpc) is 2.74. The fourth-order valence-electron chi connectivity index (χ4n) is 2.72. The second kappa shape index (κ2) is 4.77. The molecular weight excluding hydrogens is 268 g/mol. The van der Waals surface area contributed by atoms with E-state index in [1.807, 2.05) is 26.8 Å². The summed E-state index contributed by atoms with van der Waals surface area (Å²) in [6, 6.07) is 4.90. The van der Waals surface area contributed by atoms with Crippen LogP contribution in [0.1, 0.15) is 32.0 Å². The van der Waals surface area contributed by atoms with E-state index in [1.165, 1.54) is 0 Å². The number of H-pyrrole nitrogens is 1. The van der Waals surface area contributed by atoms with Crippen molar-refractivity contribution in [1.82, 2.24) is 10.3 Å². The highest BCUT2D eigenvalue weighted by atomic mass is 16.6. The normalized spacial score (nSPS) is 18.5. The molecule has 3 N–H and O–H groups in total. The van der Waals surface area contributed by atoms with Crippen LogP contribution in [0.25, 0.3) is 10.9 Å². The minimum atomic E-state index is -0.489. The van der Waals surface area contributed by atoms with E-state index in [0.717, 1.165) is 22.2 Å². The summed E-state index contributed by atoms with van der Waals surface area (Å²) in [6.45, 7) is 6.18. The largest absolute Gasteiger partial charge is 0.508 e. The van der Waals surface area contributed by atoms with E-state index in [4.69, 9.17) is 4.74 Å². The molecule has 1 atom stereocenters. The molecule has 0 spiro atoms. The van der Waals surface area contributed by atoms with E-state index in [-0.39, 0.29) is 17.8 Å². The molecule has 0 aliphatic carbocycles. The second-order valence-electron chi connectivity index (χ2n) is 6.48. The summed E-state index contributed by atoms with van der Waals surface area (Å²) in [5, 5.41) is 13.8. The zero-order valence-electron chi connectivity index (χ0n) is 12.5. The molecule has 0 fully saturated rings. The Morgan fingerprint density at radius 2 is 2.14 bits per heavy atom. The Morgan fingerprint density at radius 3 is 2.86 bits per heavy atom. The molecule has 0 saturated heterocycles. The van der Waals surface area contributed by atoms with Gasteiger partial charge in [0, 0.05) is 29.6 Å². The van der Waals surface area contributed by atoms with Crippen molar-refractivity contribution >= 4 is 16.9 Å². The number of phenolic OH excluding ortho intramolecular Hbond substituents is 1. The van der Waals surface area contributed by atoms with Gasteiger partial charge in [0.2, 0.25) is 0 Å². The molecule has 5 heteroatoms. The van der Waals surface area contributed by atoms with Gasteiger partial charge in [0.1, 0.15) is 17.4 Å². The Hall–Kier alpha value is -2.01. The predicted octanol–water partition coefficient (Wildman–Crippen LogP) is 2.23. The van der Waals surface area contributed by atoms with Gasteiger partial charge < -0.3 is 14.8 Å². The van der Waals surface area contributed by atoms with Crippen molar-refractivity contribution in [2.45, 2.75) is 45.4 Å². The molecule has 1 aliphatic rings. The van der Waals surface area contributed by atoms with Crippen LogP contribution in [0.15, 0.2) is 18.2 Å². The van der Waals surface area contributed by atoms with Crippen LogP contribution in [0.3, 0.4) is 0 Å². The molecule has 0 radical (unpaired) electrons. The lowest BCUT2D eigenvalue weighted by Crippen LogP contribution is -2.44. The van der Waals surface area contributed by atoms with Crippen molar-refractivity contribution in [2.75, 3.05) is 0 Å². The summed E-state index contributed by atoms with van der Waals surface area (Å²) in [5.41, 5.74) is 2.63. The highest BCUT2D eigenvalue weighted by Crippen LogP contribution is 2.29. The van der Waals surface area contributed by atoms with Gasteiger partial charge in [-0.25, -0.2) is 0 Å². The third-order valence-electron chi connectivity index (χ3n) is 3.60. The van der Waals surface area contributed by atoms with Crippen LogP contribution in [0.4, 0.5) is 0 Å². The SMILES string of the molecule is CC(C)(C)OC(=O)C1Cc2c([nH]c3ccc(O)cc23)CN1. The summed E-state index contributed by atoms with van der Waals surface area (Å²) in [6.07, 6.45) is 0.563. The van der Waals surface area contributed by atoms with E-state index in [9.17, 15) is 9.90 Å². The number of phenols is 1. The lowest BCUT2D eigenvalue weighted by atomic mass is 9.98. The van der Waals surface area contributed by atoms with Gasteiger partial charge in [0.25, 0.3) is 0 Å². The highest BCUT2D eigenvalue weighted by molar-refractivity contribution is 5.87. The van der Waals surface area contributed by atoms with Crippen molar-refractivity contribution in [2.24, 2.45) is 0 Å². The van der Waals surface area contributed by atoms with Crippen molar-refractivity contribution in [1.29, 1.82) is 0 Å². The van der Waals surface area contributed by atoms with Gasteiger partial charge in [-0.2, -0.15) is 0 Å². The lowest BCUT2D eigenvalue weighted by molar-refractivity contribution is -0.157. The van der Waals surface area contributed by atoms with Crippen LogP contribution in [0, 0.1) is 0 Å². The van der Waals surface area contributed by atoms with Crippen LogP contribution < -0.4 is 5.32 Å². The first-order valence-corrected chi connectivity index (χ1v) is 7.12. The van der Waals surface area contributed by atoms with Gasteiger partial charge in [-0.15, -0.1) is 0 Å². The van der Waals surface area contributed by atoms with Gasteiger partial charge >= 0.3 is 5.97 Å². The first-order valence-electron chi connectivity index (χ1n) is 7.12. The zero-order valence-corrected chi connectivity index (χ0v) is 12.5. The molecule has 0 amide bonds. The molecule has 1 unspecified atom stereocenters. The Morgan fingerprint density at radius 1 is 1.38 bits per heavy atom. The van der Waals surface area contributed by atoms with E-state index < -0.39 is 5.60 Å². The molecule has 0 bridgehead atoms. The standard InChI is InChI=1S/C16H20N2O3/c1-16(2,3)21-15(20)13-7-11-10-6-9(19)4-5-12(10)18-14(11)8-17-13/h4-6,13,17-19H,7-8H2,1-3H3. The molecule has 21 heavy (non-hydrogen) atoms. The number of hydrogen-bond donors (Lipinski definition) is 3. The van der Waals surface area contributed by atoms with Crippen LogP contribution in [-0.2, 0) is 22.5 Å². The number of aromatic amines is 1. The van der Waals surface area contributed by atoms with Crippen LogP contribution in [-0.4, -0.2) is 27.7 Å². The Labute approximate surface area is 123 Å². The fourth-order valence-corrected chi connectivity index (χ4v) is 2.72. The maximum atomic E-state index is 12.2. The number of benzene rings is 1. The number of aromatic hydroxyl groups is 1. The molecule has 2 heterocycles. The van der Waals surface area contributed by atoms with Crippen molar-refractivity contribution in [3.8, 4) is 5.75 Å². The maximum absolute atomic E-state index is 12.2. The van der Waals surface area contributed by atoms with E-state index in [0.29, 0.717) is 13.0 Å². The van der Waals surface area contributed by atoms with E-state index in [1.54, 1.807) is 12.1 Å². The van der Waals surface area contributed by atoms with E-state index >= 15 is 0 Å². The summed E-state index contributed by atoms with van der Waals surface area (Å²) >= 11 is 0. The molecule has 1 aromatic carbocycles. The van der Waals surface area contributed by atoms with Crippen molar-refractivity contribution in [3.63, 3.8) is 0 Å². The predicted molar refractivity (Wildman–Crippen MR) is 80.1 cm³/mol. The number of hydrogen-bond acceptors (Lipinski definition) is 4. The first-order chi connectivity index (χ1) is 9.83. The first kappa shape index (κ1) is 13.9. The molecular formula is C16H20N2O3. The molecule has 1 aliphatic heterocycles. The summed E-state index contributed by atoms with van der Waals surface area (Å²) in [5.74, 6) is -0.000645. The Bertz CT molecular complexity index is 697. The molecule has 2 aromatic rings. The second-order valence-corrected chi connectivity index (χ2v) is 6.48. The maximum Gasteiger partial charge on any atom is 0.324 e. The topological polar surface area (TPSA) is 74.4 Å². The summed E-state index contributed by atoms with van der Waals surface area (Å²) in [7, 11) is 0. The molecule has 112 valence electrons. The van der Waals surface area contributed by atoms with Crippen LogP contribution in [0.2, 0.25) is 0 Å². The number of ether oxygens (including phenoxy) is 1.